The van der Waals surface area contributed by atoms with Gasteiger partial charge in [0.2, 0.25) is 0 Å². The van der Waals surface area contributed by atoms with Gasteiger partial charge in [0.15, 0.2) is 11.5 Å². The number of amides is 1. The molecule has 3 heterocycles. The number of aromatic nitrogens is 3. The van der Waals surface area contributed by atoms with E-state index in [1.807, 2.05) is 19.0 Å². The number of nitrogens with one attached hydrogen (secondary N) is 1. The molecule has 0 radical (unpaired) electrons. The number of carbonyl (C=O) groups is 1. The molecule has 0 aliphatic carbocycles. The Morgan fingerprint density at radius 3 is 2.90 bits per heavy atom. The van der Waals surface area contributed by atoms with E-state index in [1.165, 1.54) is 22.9 Å². The van der Waals surface area contributed by atoms with Gasteiger partial charge in [-0.3, -0.25) is 9.36 Å². The Kier molecular flexibility index (Phi) is 5.22. The summed E-state index contributed by atoms with van der Waals surface area (Å²) in [5.74, 6) is -0.286. The molecule has 0 saturated carbocycles. The van der Waals surface area contributed by atoms with E-state index in [0.717, 1.165) is 0 Å². The predicted molar refractivity (Wildman–Crippen MR) is 102 cm³/mol. The monoisotopic (exact) mass is 423 g/mol. The number of alkyl halides is 2. The molecule has 1 N–H and O–H groups in total. The van der Waals surface area contributed by atoms with Crippen LogP contribution in [0.15, 0.2) is 23.0 Å². The number of para-hydroxylation sites is 1. The van der Waals surface area contributed by atoms with Gasteiger partial charge < -0.3 is 19.7 Å². The highest BCUT2D eigenvalue weighted by molar-refractivity contribution is 5.98. The molecule has 0 saturated heterocycles. The summed E-state index contributed by atoms with van der Waals surface area (Å²) in [6, 6.07) is 3.95. The van der Waals surface area contributed by atoms with Crippen molar-refractivity contribution in [2.45, 2.75) is 44.7 Å². The second-order valence-corrected chi connectivity index (χ2v) is 7.67. The largest absolute Gasteiger partial charge is 0.586 e. The van der Waals surface area contributed by atoms with Crippen LogP contribution in [0.2, 0.25) is 0 Å². The highest BCUT2D eigenvalue weighted by Crippen LogP contribution is 2.43. The van der Waals surface area contributed by atoms with Gasteiger partial charge in [-0.2, -0.15) is 5.10 Å². The van der Waals surface area contributed by atoms with Gasteiger partial charge in [0.05, 0.1) is 12.1 Å². The van der Waals surface area contributed by atoms with E-state index in [4.69, 9.17) is 0 Å². The van der Waals surface area contributed by atoms with E-state index < -0.39 is 12.2 Å². The van der Waals surface area contributed by atoms with Crippen LogP contribution in [0, 0.1) is 0 Å². The number of benzene rings is 1. The van der Waals surface area contributed by atoms with Gasteiger partial charge in [0.1, 0.15) is 5.82 Å². The van der Waals surface area contributed by atoms with Gasteiger partial charge in [0.25, 0.3) is 5.91 Å². The van der Waals surface area contributed by atoms with Crippen LogP contribution in [0.25, 0.3) is 0 Å². The zero-order valence-corrected chi connectivity index (χ0v) is 16.7. The summed E-state index contributed by atoms with van der Waals surface area (Å²) in [5.41, 5.74) is -0.176. The Bertz CT molecular complexity index is 1020. The lowest BCUT2D eigenvalue weighted by molar-refractivity contribution is -0.286. The SMILES string of the molecule is CN(C)CCn1nc2n(c1=O)CCC(NC(=O)c1cccc3c1OC(F)(F)O3)CC2. The summed E-state index contributed by atoms with van der Waals surface area (Å²) < 4.78 is 38.7. The lowest BCUT2D eigenvalue weighted by Gasteiger charge is -2.16. The molecule has 1 atom stereocenters. The summed E-state index contributed by atoms with van der Waals surface area (Å²) in [4.78, 5) is 27.2. The van der Waals surface area contributed by atoms with E-state index in [2.05, 4.69) is 19.9 Å². The summed E-state index contributed by atoms with van der Waals surface area (Å²) >= 11 is 0. The average molecular weight is 423 g/mol. The maximum absolute atomic E-state index is 13.4. The molecule has 30 heavy (non-hydrogen) atoms. The van der Waals surface area contributed by atoms with Crippen LogP contribution in [0.4, 0.5) is 8.78 Å². The summed E-state index contributed by atoms with van der Waals surface area (Å²) in [5, 5.41) is 7.28. The minimum Gasteiger partial charge on any atom is -0.395 e. The predicted octanol–water partition coefficient (Wildman–Crippen LogP) is 1.06. The van der Waals surface area contributed by atoms with Gasteiger partial charge in [-0.1, -0.05) is 6.07 Å². The fourth-order valence-corrected chi connectivity index (χ4v) is 3.62. The Morgan fingerprint density at radius 1 is 1.33 bits per heavy atom. The maximum atomic E-state index is 13.4. The van der Waals surface area contributed by atoms with E-state index in [9.17, 15) is 18.4 Å². The van der Waals surface area contributed by atoms with Crippen molar-refractivity contribution in [1.29, 1.82) is 0 Å². The number of halogens is 2. The molecular weight excluding hydrogens is 400 g/mol. The van der Waals surface area contributed by atoms with Crippen molar-refractivity contribution in [3.63, 3.8) is 0 Å². The molecule has 1 aromatic heterocycles. The number of hydrogen-bond acceptors (Lipinski definition) is 6. The molecule has 162 valence electrons. The number of hydrogen-bond donors (Lipinski definition) is 1. The quantitative estimate of drug-likeness (QED) is 0.774. The van der Waals surface area contributed by atoms with Crippen LogP contribution in [0.3, 0.4) is 0 Å². The lowest BCUT2D eigenvalue weighted by Crippen LogP contribution is -2.36. The summed E-state index contributed by atoms with van der Waals surface area (Å²) in [6.45, 7) is 1.64. The Labute approximate surface area is 171 Å². The number of aryl methyl sites for hydroxylation is 1. The zero-order chi connectivity index (χ0) is 21.5. The number of fused-ring (bicyclic) bond motifs is 2. The smallest absolute Gasteiger partial charge is 0.395 e. The molecule has 11 heteroatoms. The number of carbonyl (C=O) groups excluding carboxylic acids is 1. The first kappa shape index (κ1) is 20.3. The summed E-state index contributed by atoms with van der Waals surface area (Å²) in [7, 11) is 3.86. The molecule has 2 aromatic rings. The molecule has 9 nitrogen and oxygen atoms in total. The minimum absolute atomic E-state index is 0.0160. The van der Waals surface area contributed by atoms with Crippen molar-refractivity contribution in [2.24, 2.45) is 0 Å². The van der Waals surface area contributed by atoms with E-state index >= 15 is 0 Å². The first-order chi connectivity index (χ1) is 14.2. The Morgan fingerprint density at radius 2 is 2.13 bits per heavy atom. The molecule has 2 aliphatic rings. The van der Waals surface area contributed by atoms with Crippen LogP contribution in [0.5, 0.6) is 11.5 Å². The Balaban J connectivity index is 1.43. The number of nitrogens with zero attached hydrogens (tertiary/aromatic N) is 4. The van der Waals surface area contributed by atoms with Crippen molar-refractivity contribution < 1.29 is 23.0 Å². The van der Waals surface area contributed by atoms with Crippen molar-refractivity contribution in [1.82, 2.24) is 24.6 Å². The first-order valence-corrected chi connectivity index (χ1v) is 9.74. The fourth-order valence-electron chi connectivity index (χ4n) is 3.62. The highest BCUT2D eigenvalue weighted by Gasteiger charge is 2.45. The first-order valence-electron chi connectivity index (χ1n) is 9.74. The van der Waals surface area contributed by atoms with Crippen LogP contribution < -0.4 is 20.5 Å². The second-order valence-electron chi connectivity index (χ2n) is 7.67. The standard InChI is InChI=1S/C19H23F2N5O4/c1-24(2)10-11-26-18(28)25-9-8-12(6-7-15(25)23-26)22-17(27)13-4-3-5-14-16(13)30-19(20,21)29-14/h3-5,12H,6-11H2,1-2H3,(H,22,27). The molecule has 1 aromatic carbocycles. The molecule has 1 unspecified atom stereocenters. The molecule has 4 rings (SSSR count). The topological polar surface area (TPSA) is 90.6 Å². The van der Waals surface area contributed by atoms with Crippen LogP contribution in [0.1, 0.15) is 29.0 Å². The molecular formula is C19H23F2N5O4. The second kappa shape index (κ2) is 7.71. The number of likely N-dealkylation sites (N-methyl/N-ethyl adjacent to an activating group) is 1. The third kappa shape index (κ3) is 4.02. The van der Waals surface area contributed by atoms with Gasteiger partial charge in [-0.05, 0) is 39.1 Å². The Hall–Kier alpha value is -2.95. The molecule has 0 bridgehead atoms. The number of rotatable bonds is 5. The van der Waals surface area contributed by atoms with Crippen LogP contribution in [-0.2, 0) is 19.5 Å². The maximum Gasteiger partial charge on any atom is 0.586 e. The van der Waals surface area contributed by atoms with Gasteiger partial charge in [-0.15, -0.1) is 8.78 Å². The minimum atomic E-state index is -3.79. The fraction of sp³-hybridized carbons (Fsp3) is 0.526. The normalized spacial score (nSPS) is 19.4. The van der Waals surface area contributed by atoms with Crippen LogP contribution >= 0.6 is 0 Å². The van der Waals surface area contributed by atoms with E-state index in [1.54, 1.807) is 4.57 Å². The molecule has 1 amide bonds. The van der Waals surface area contributed by atoms with Crippen molar-refractivity contribution in [3.8, 4) is 11.5 Å². The van der Waals surface area contributed by atoms with Crippen molar-refractivity contribution in [2.75, 3.05) is 20.6 Å². The average Bonchev–Trinajstić information content (AvgIpc) is 3.07. The third-order valence-corrected chi connectivity index (χ3v) is 5.18. The van der Waals surface area contributed by atoms with Gasteiger partial charge >= 0.3 is 12.0 Å². The van der Waals surface area contributed by atoms with E-state index in [-0.39, 0.29) is 28.8 Å². The molecule has 0 spiro atoms. The zero-order valence-electron chi connectivity index (χ0n) is 16.7. The van der Waals surface area contributed by atoms with Gasteiger partial charge in [-0.25, -0.2) is 9.48 Å². The van der Waals surface area contributed by atoms with E-state index in [0.29, 0.717) is 44.7 Å². The lowest BCUT2D eigenvalue weighted by atomic mass is 10.1. The summed E-state index contributed by atoms with van der Waals surface area (Å²) in [6.07, 6.45) is -2.15. The molecule has 0 fully saturated rings. The molecule has 2 aliphatic heterocycles. The van der Waals surface area contributed by atoms with Crippen LogP contribution in [-0.4, -0.2) is 58.1 Å². The van der Waals surface area contributed by atoms with Crippen molar-refractivity contribution in [3.05, 3.63) is 40.1 Å². The highest BCUT2D eigenvalue weighted by atomic mass is 19.3. The number of ether oxygens (including phenoxy) is 2. The third-order valence-electron chi connectivity index (χ3n) is 5.18. The van der Waals surface area contributed by atoms with Gasteiger partial charge in [0, 0.05) is 25.6 Å². The van der Waals surface area contributed by atoms with Crippen molar-refractivity contribution >= 4 is 5.91 Å².